The normalized spacial score (nSPS) is 11.5. The third kappa shape index (κ3) is 10.4. The van der Waals surface area contributed by atoms with Crippen molar-refractivity contribution in [1.82, 2.24) is 0 Å². The first-order valence-electron chi connectivity index (χ1n) is 16.1. The number of hydrogen-bond acceptors (Lipinski definition) is 9. The summed E-state index contributed by atoms with van der Waals surface area (Å²) in [6.45, 7) is 2.10. The summed E-state index contributed by atoms with van der Waals surface area (Å²) < 4.78 is 54.6. The summed E-state index contributed by atoms with van der Waals surface area (Å²) in [6.07, 6.45) is 0. The highest BCUT2D eigenvalue weighted by atomic mass is 31.2. The molecule has 0 spiro atoms. The van der Waals surface area contributed by atoms with E-state index in [0.717, 1.165) is 0 Å². The van der Waals surface area contributed by atoms with E-state index in [1.165, 1.54) is 18.2 Å². The van der Waals surface area contributed by atoms with Gasteiger partial charge in [0, 0.05) is 24.7 Å². The fraction of sp³-hybridized carbons (Fsp3) is 0.0526. The molecule has 0 heterocycles. The standard InChI is InChI=1S/C38H34N3O8P3/c1-2-39-51(46-34-20-10-4-11-21-34,47-35-22-12-5-13-23-35)41-52(48-36-24-14-6-15-25-36,49-37-26-16-7-17-27-37)40-50(44-33-18-8-3-9-19-33)45-38-29-31(42)28-32(43)30-38/h3-30H,2H2,1H3,(H-,42,43)/p+1. The molecule has 0 aromatic heterocycles. The first-order valence-corrected chi connectivity index (χ1v) is 20.3. The van der Waals surface area contributed by atoms with Gasteiger partial charge in [0.1, 0.15) is 34.5 Å². The first kappa shape index (κ1) is 36.1. The van der Waals surface area contributed by atoms with Crippen molar-refractivity contribution in [1.29, 1.82) is 0 Å². The Morgan fingerprint density at radius 2 is 0.808 bits per heavy atom. The summed E-state index contributed by atoms with van der Waals surface area (Å²) in [4.78, 5) is 0. The number of phenols is 2. The van der Waals surface area contributed by atoms with Gasteiger partial charge in [0.05, 0.1) is 4.52 Å². The Kier molecular flexibility index (Phi) is 12.1. The third-order valence-corrected chi connectivity index (χ3v) is 13.1. The van der Waals surface area contributed by atoms with Gasteiger partial charge in [-0.15, -0.1) is 0 Å². The average molecular weight is 755 g/mol. The molecule has 1 atom stereocenters. The van der Waals surface area contributed by atoms with Crippen LogP contribution in [-0.2, 0) is 0 Å². The van der Waals surface area contributed by atoms with E-state index >= 15 is 0 Å². The monoisotopic (exact) mass is 754 g/mol. The Morgan fingerprint density at radius 3 is 1.19 bits per heavy atom. The van der Waals surface area contributed by atoms with Gasteiger partial charge in [-0.2, -0.15) is 0 Å². The highest BCUT2D eigenvalue weighted by Gasteiger charge is 2.43. The molecule has 6 aromatic carbocycles. The number of nitrogens with zero attached hydrogens (tertiary/aromatic N) is 3. The average Bonchev–Trinajstić information content (AvgIpc) is 3.13. The number of benzene rings is 6. The molecule has 0 aliphatic carbocycles. The van der Waals surface area contributed by atoms with Gasteiger partial charge in [-0.1, -0.05) is 95.5 Å². The third-order valence-electron chi connectivity index (χ3n) is 6.59. The van der Waals surface area contributed by atoms with Crippen LogP contribution in [-0.4, -0.2) is 16.8 Å². The van der Waals surface area contributed by atoms with Gasteiger partial charge in [0.15, 0.2) is 11.5 Å². The molecule has 0 bridgehead atoms. The lowest BCUT2D eigenvalue weighted by atomic mass is 10.3. The Labute approximate surface area is 303 Å². The summed E-state index contributed by atoms with van der Waals surface area (Å²) in [6, 6.07) is 48.8. The van der Waals surface area contributed by atoms with Crippen LogP contribution in [0.5, 0.6) is 46.0 Å². The molecular formula is C38H35N3O8P3+. The predicted octanol–water partition coefficient (Wildman–Crippen LogP) is 12.3. The molecule has 0 aliphatic rings. The van der Waals surface area contributed by atoms with Crippen molar-refractivity contribution in [2.75, 3.05) is 6.54 Å². The van der Waals surface area contributed by atoms with Crippen molar-refractivity contribution in [3.63, 3.8) is 0 Å². The lowest BCUT2D eigenvalue weighted by Crippen LogP contribution is -2.05. The van der Waals surface area contributed by atoms with E-state index in [1.54, 1.807) is 72.8 Å². The summed E-state index contributed by atoms with van der Waals surface area (Å²) in [5.41, 5.74) is 0. The molecule has 264 valence electrons. The first-order chi connectivity index (χ1) is 25.4. The summed E-state index contributed by atoms with van der Waals surface area (Å²) in [5, 5.41) is 20.6. The number of para-hydroxylation sites is 5. The van der Waals surface area contributed by atoms with E-state index in [-0.39, 0.29) is 23.8 Å². The van der Waals surface area contributed by atoms with Crippen molar-refractivity contribution in [3.05, 3.63) is 170 Å². The van der Waals surface area contributed by atoms with Gasteiger partial charge in [-0.25, -0.2) is 13.8 Å². The largest absolute Gasteiger partial charge is 0.679 e. The Balaban J connectivity index is 1.66. The van der Waals surface area contributed by atoms with E-state index in [0.29, 0.717) is 28.7 Å². The van der Waals surface area contributed by atoms with Gasteiger partial charge in [0.2, 0.25) is 0 Å². The second kappa shape index (κ2) is 17.5. The molecule has 0 saturated carbocycles. The molecule has 0 aliphatic heterocycles. The smallest absolute Gasteiger partial charge is 0.508 e. The molecule has 2 N–H and O–H groups in total. The highest BCUT2D eigenvalue weighted by Crippen LogP contribution is 2.68. The van der Waals surface area contributed by atoms with Crippen LogP contribution in [0.4, 0.5) is 0 Å². The molecule has 0 radical (unpaired) electrons. The van der Waals surface area contributed by atoms with Crippen LogP contribution in [0.25, 0.3) is 0 Å². The number of hydrogen-bond donors (Lipinski definition) is 2. The Hall–Kier alpha value is -5.72. The fourth-order valence-corrected chi connectivity index (χ4v) is 11.0. The van der Waals surface area contributed by atoms with Gasteiger partial charge >= 0.3 is 23.5 Å². The maximum Gasteiger partial charge on any atom is 0.679 e. The highest BCUT2D eigenvalue weighted by molar-refractivity contribution is 7.70. The second-order valence-electron chi connectivity index (χ2n) is 10.7. The SMILES string of the molecule is CCN=P(N=P(N=[P+](Oc1ccccc1)Oc1cc(O)cc(O)c1)(Oc1ccccc1)Oc1ccccc1)(Oc1ccccc1)Oc1ccccc1. The van der Waals surface area contributed by atoms with E-state index < -0.39 is 23.5 Å². The molecule has 11 nitrogen and oxygen atoms in total. The molecule has 0 amide bonds. The maximum absolute atomic E-state index is 10.3. The van der Waals surface area contributed by atoms with Gasteiger partial charge in [-0.05, 0) is 67.6 Å². The molecule has 14 heteroatoms. The number of rotatable bonds is 15. The zero-order chi connectivity index (χ0) is 36.1. The topological polar surface area (TPSA) is 133 Å². The van der Waals surface area contributed by atoms with Gasteiger partial charge < -0.3 is 28.3 Å². The van der Waals surface area contributed by atoms with E-state index in [4.69, 9.17) is 40.9 Å². The van der Waals surface area contributed by atoms with Crippen LogP contribution in [0, 0.1) is 0 Å². The van der Waals surface area contributed by atoms with Crippen molar-refractivity contribution in [2.24, 2.45) is 13.8 Å². The predicted molar refractivity (Wildman–Crippen MR) is 204 cm³/mol. The minimum atomic E-state index is -4.11. The van der Waals surface area contributed by atoms with Gasteiger partial charge in [0.25, 0.3) is 0 Å². The zero-order valence-corrected chi connectivity index (χ0v) is 30.6. The quantitative estimate of drug-likeness (QED) is 0.0990. The van der Waals surface area contributed by atoms with E-state index in [1.807, 2.05) is 85.8 Å². The summed E-state index contributed by atoms with van der Waals surface area (Å²) in [7, 11) is -10.3. The van der Waals surface area contributed by atoms with Crippen molar-refractivity contribution in [3.8, 4) is 46.0 Å². The van der Waals surface area contributed by atoms with E-state index in [9.17, 15) is 10.2 Å². The van der Waals surface area contributed by atoms with Crippen molar-refractivity contribution >= 4 is 23.5 Å². The van der Waals surface area contributed by atoms with Crippen LogP contribution in [0.2, 0.25) is 0 Å². The summed E-state index contributed by atoms with van der Waals surface area (Å²) in [5.74, 6) is 1.67. The fourth-order valence-electron chi connectivity index (χ4n) is 4.48. The van der Waals surface area contributed by atoms with Crippen LogP contribution in [0.1, 0.15) is 6.92 Å². The molecule has 6 rings (SSSR count). The molecule has 0 fully saturated rings. The maximum atomic E-state index is 10.3. The van der Waals surface area contributed by atoms with E-state index in [2.05, 4.69) is 0 Å². The molecule has 1 unspecified atom stereocenters. The van der Waals surface area contributed by atoms with Crippen LogP contribution in [0.15, 0.2) is 184 Å². The Morgan fingerprint density at radius 1 is 0.462 bits per heavy atom. The van der Waals surface area contributed by atoms with Gasteiger partial charge in [-0.3, -0.25) is 0 Å². The molecular weight excluding hydrogens is 719 g/mol. The minimum absolute atomic E-state index is 0.0705. The second-order valence-corrected chi connectivity index (χ2v) is 15.9. The lowest BCUT2D eigenvalue weighted by molar-refractivity contribution is 0.441. The number of aromatic hydroxyl groups is 2. The number of phenolic OH excluding ortho intramolecular Hbond substituents is 2. The van der Waals surface area contributed by atoms with Crippen LogP contribution in [0.3, 0.4) is 0 Å². The van der Waals surface area contributed by atoms with Crippen LogP contribution < -0.4 is 27.1 Å². The van der Waals surface area contributed by atoms with Crippen molar-refractivity contribution < 1.29 is 37.4 Å². The molecule has 0 saturated heterocycles. The minimum Gasteiger partial charge on any atom is -0.508 e. The van der Waals surface area contributed by atoms with Crippen molar-refractivity contribution in [2.45, 2.75) is 6.92 Å². The molecule has 6 aromatic rings. The van der Waals surface area contributed by atoms with Crippen LogP contribution >= 0.6 is 23.5 Å². The zero-order valence-electron chi connectivity index (χ0n) is 27.9. The Bertz CT molecular complexity index is 2070. The lowest BCUT2D eigenvalue weighted by Gasteiger charge is -2.25. The molecule has 52 heavy (non-hydrogen) atoms. The summed E-state index contributed by atoms with van der Waals surface area (Å²) >= 11 is 0.